The summed E-state index contributed by atoms with van der Waals surface area (Å²) in [6.45, 7) is 9.02. The van der Waals surface area contributed by atoms with Gasteiger partial charge in [0.05, 0.1) is 17.2 Å². The molecule has 0 radical (unpaired) electrons. The third kappa shape index (κ3) is 8.24. The summed E-state index contributed by atoms with van der Waals surface area (Å²) in [6.07, 6.45) is 0.331. The summed E-state index contributed by atoms with van der Waals surface area (Å²) < 4.78 is 35.0. The van der Waals surface area contributed by atoms with Gasteiger partial charge in [0.1, 0.15) is 18.3 Å². The van der Waals surface area contributed by atoms with Gasteiger partial charge in [-0.3, -0.25) is 13.9 Å². The number of carbonyl (C=O) groups excluding carboxylic acids is 2. The predicted molar refractivity (Wildman–Crippen MR) is 163 cm³/mol. The van der Waals surface area contributed by atoms with Gasteiger partial charge in [-0.05, 0) is 76.1 Å². The third-order valence-electron chi connectivity index (χ3n) is 6.40. The van der Waals surface area contributed by atoms with E-state index in [2.05, 4.69) is 5.32 Å². The number of halogens is 1. The average Bonchev–Trinajstić information content (AvgIpc) is 2.93. The molecule has 1 unspecified atom stereocenters. The van der Waals surface area contributed by atoms with Crippen molar-refractivity contribution in [2.75, 3.05) is 17.5 Å². The molecule has 41 heavy (non-hydrogen) atoms. The van der Waals surface area contributed by atoms with Gasteiger partial charge in [-0.25, -0.2) is 8.42 Å². The van der Waals surface area contributed by atoms with Crippen LogP contribution < -0.4 is 14.4 Å². The second-order valence-corrected chi connectivity index (χ2v) is 12.3. The van der Waals surface area contributed by atoms with Crippen LogP contribution in [0.25, 0.3) is 0 Å². The van der Waals surface area contributed by atoms with E-state index in [-0.39, 0.29) is 29.1 Å². The van der Waals surface area contributed by atoms with Crippen molar-refractivity contribution >= 4 is 39.1 Å². The van der Waals surface area contributed by atoms with Crippen LogP contribution in [0.4, 0.5) is 5.69 Å². The molecule has 0 saturated carbocycles. The first-order chi connectivity index (χ1) is 19.5. The zero-order valence-electron chi connectivity index (χ0n) is 24.1. The van der Waals surface area contributed by atoms with Crippen LogP contribution in [0.1, 0.15) is 45.2 Å². The number of nitrogens with zero attached hydrogens (tertiary/aromatic N) is 2. The zero-order valence-corrected chi connectivity index (χ0v) is 25.7. The molecule has 0 aliphatic heterocycles. The Kier molecular flexibility index (Phi) is 11.2. The van der Waals surface area contributed by atoms with Gasteiger partial charge < -0.3 is 15.0 Å². The van der Waals surface area contributed by atoms with Gasteiger partial charge in [-0.15, -0.1) is 0 Å². The lowest BCUT2D eigenvalue weighted by Crippen LogP contribution is -2.53. The molecule has 3 aromatic rings. The lowest BCUT2D eigenvalue weighted by atomic mass is 10.1. The lowest BCUT2D eigenvalue weighted by Gasteiger charge is -2.34. The number of benzene rings is 3. The number of aryl methyl sites for hydroxylation is 1. The Hall–Kier alpha value is -3.56. The van der Waals surface area contributed by atoms with Crippen LogP contribution in [0.3, 0.4) is 0 Å². The molecular weight excluding hydrogens is 562 g/mol. The van der Waals surface area contributed by atoms with Gasteiger partial charge in [0, 0.05) is 17.6 Å². The summed E-state index contributed by atoms with van der Waals surface area (Å²) in [7, 11) is -4.20. The number of hydrogen-bond acceptors (Lipinski definition) is 5. The molecule has 0 aromatic heterocycles. The van der Waals surface area contributed by atoms with Crippen LogP contribution in [-0.4, -0.2) is 50.4 Å². The van der Waals surface area contributed by atoms with Crippen LogP contribution in [-0.2, 0) is 26.2 Å². The largest absolute Gasteiger partial charge is 0.492 e. The molecule has 0 heterocycles. The van der Waals surface area contributed by atoms with Crippen LogP contribution in [0.15, 0.2) is 77.7 Å². The highest BCUT2D eigenvalue weighted by molar-refractivity contribution is 7.92. The summed E-state index contributed by atoms with van der Waals surface area (Å²) in [6, 6.07) is 19.2. The number of para-hydroxylation sites is 2. The Balaban J connectivity index is 2.11. The summed E-state index contributed by atoms with van der Waals surface area (Å²) in [4.78, 5) is 28.9. The van der Waals surface area contributed by atoms with E-state index in [1.54, 1.807) is 67.6 Å². The Morgan fingerprint density at radius 1 is 0.951 bits per heavy atom. The minimum absolute atomic E-state index is 0.0380. The van der Waals surface area contributed by atoms with Crippen molar-refractivity contribution in [1.29, 1.82) is 0 Å². The van der Waals surface area contributed by atoms with E-state index in [0.717, 1.165) is 15.4 Å². The van der Waals surface area contributed by atoms with Crippen molar-refractivity contribution in [2.45, 2.75) is 64.6 Å². The minimum atomic E-state index is -4.20. The van der Waals surface area contributed by atoms with Crippen LogP contribution in [0, 0.1) is 6.92 Å². The number of anilines is 1. The van der Waals surface area contributed by atoms with E-state index >= 15 is 0 Å². The Morgan fingerprint density at radius 2 is 1.59 bits per heavy atom. The maximum absolute atomic E-state index is 14.2. The number of rotatable bonds is 13. The first-order valence-electron chi connectivity index (χ1n) is 13.6. The first kappa shape index (κ1) is 32.0. The van der Waals surface area contributed by atoms with Crippen molar-refractivity contribution in [3.63, 3.8) is 0 Å². The molecule has 2 amide bonds. The summed E-state index contributed by atoms with van der Waals surface area (Å²) in [5.41, 5.74) is 1.88. The van der Waals surface area contributed by atoms with Crippen molar-refractivity contribution in [3.05, 3.63) is 88.9 Å². The molecule has 0 saturated heterocycles. The molecule has 220 valence electrons. The molecule has 0 bridgehead atoms. The van der Waals surface area contributed by atoms with Crippen LogP contribution in [0.2, 0.25) is 5.02 Å². The fourth-order valence-corrected chi connectivity index (χ4v) is 5.93. The van der Waals surface area contributed by atoms with Gasteiger partial charge >= 0.3 is 0 Å². The van der Waals surface area contributed by atoms with Crippen molar-refractivity contribution in [3.8, 4) is 5.75 Å². The predicted octanol–water partition coefficient (Wildman–Crippen LogP) is 5.57. The minimum Gasteiger partial charge on any atom is -0.492 e. The van der Waals surface area contributed by atoms with E-state index in [4.69, 9.17) is 16.3 Å². The number of sulfonamides is 1. The SMILES string of the molecule is CCOc1ccccc1N(CC(=O)N(Cc1ccc(Cl)cc1)C(CC)C(=O)NC(C)C)S(=O)(=O)c1ccc(C)cc1. The highest BCUT2D eigenvalue weighted by atomic mass is 35.5. The number of hydrogen-bond donors (Lipinski definition) is 1. The molecule has 0 aliphatic rings. The molecule has 1 atom stereocenters. The molecule has 1 N–H and O–H groups in total. The molecule has 0 spiro atoms. The van der Waals surface area contributed by atoms with E-state index in [0.29, 0.717) is 23.8 Å². The standard InChI is InChI=1S/C31H38ClN3O5S/c1-6-27(31(37)33-22(3)4)34(20-24-14-16-25(32)17-15-24)30(36)21-35(28-10-8-9-11-29(28)40-7-2)41(38,39)26-18-12-23(5)13-19-26/h8-19,22,27H,6-7,20-21H2,1-5H3,(H,33,37). The van der Waals surface area contributed by atoms with Crippen molar-refractivity contribution in [2.24, 2.45) is 0 Å². The lowest BCUT2D eigenvalue weighted by molar-refractivity contribution is -0.140. The molecule has 10 heteroatoms. The summed E-state index contributed by atoms with van der Waals surface area (Å²) >= 11 is 6.07. The van der Waals surface area contributed by atoms with Gasteiger partial charge in [0.15, 0.2) is 0 Å². The molecule has 0 fully saturated rings. The van der Waals surface area contributed by atoms with Gasteiger partial charge in [0.25, 0.3) is 10.0 Å². The first-order valence-corrected chi connectivity index (χ1v) is 15.4. The van der Waals surface area contributed by atoms with Crippen molar-refractivity contribution in [1.82, 2.24) is 10.2 Å². The topological polar surface area (TPSA) is 96.0 Å². The van der Waals surface area contributed by atoms with Crippen LogP contribution >= 0.6 is 11.6 Å². The smallest absolute Gasteiger partial charge is 0.264 e. The van der Waals surface area contributed by atoms with E-state index < -0.39 is 28.5 Å². The summed E-state index contributed by atoms with van der Waals surface area (Å²) in [5, 5.41) is 3.43. The Bertz CT molecular complexity index is 1430. The number of ether oxygens (including phenoxy) is 1. The monoisotopic (exact) mass is 599 g/mol. The fourth-order valence-electron chi connectivity index (χ4n) is 4.38. The van der Waals surface area contributed by atoms with Crippen LogP contribution in [0.5, 0.6) is 5.75 Å². The Morgan fingerprint density at radius 3 is 2.17 bits per heavy atom. The normalized spacial score (nSPS) is 12.1. The molecular formula is C31H38ClN3O5S. The van der Waals surface area contributed by atoms with E-state index in [1.165, 1.54) is 17.0 Å². The van der Waals surface area contributed by atoms with Gasteiger partial charge in [-0.1, -0.05) is 60.5 Å². The molecule has 8 nitrogen and oxygen atoms in total. The van der Waals surface area contributed by atoms with Gasteiger partial charge in [0.2, 0.25) is 11.8 Å². The van der Waals surface area contributed by atoms with E-state index in [1.807, 2.05) is 27.7 Å². The summed E-state index contributed by atoms with van der Waals surface area (Å²) in [5.74, 6) is -0.521. The number of nitrogens with one attached hydrogen (secondary N) is 1. The second kappa shape index (κ2) is 14.4. The van der Waals surface area contributed by atoms with E-state index in [9.17, 15) is 18.0 Å². The maximum Gasteiger partial charge on any atom is 0.264 e. The Labute approximate surface area is 248 Å². The highest BCUT2D eigenvalue weighted by Crippen LogP contribution is 2.33. The maximum atomic E-state index is 14.2. The second-order valence-electron chi connectivity index (χ2n) is 9.96. The average molecular weight is 600 g/mol. The van der Waals surface area contributed by atoms with Gasteiger partial charge in [-0.2, -0.15) is 0 Å². The number of amides is 2. The zero-order chi connectivity index (χ0) is 30.2. The molecule has 3 aromatic carbocycles. The third-order valence-corrected chi connectivity index (χ3v) is 8.43. The quantitative estimate of drug-likeness (QED) is 0.277. The molecule has 0 aliphatic carbocycles. The molecule has 3 rings (SSSR count). The fraction of sp³-hybridized carbons (Fsp3) is 0.355. The number of carbonyl (C=O) groups is 2. The van der Waals surface area contributed by atoms with Crippen molar-refractivity contribution < 1.29 is 22.7 Å². The highest BCUT2D eigenvalue weighted by Gasteiger charge is 2.34.